The van der Waals surface area contributed by atoms with Gasteiger partial charge >= 0.3 is 0 Å². The third-order valence-corrected chi connectivity index (χ3v) is 3.28. The molecular weight excluding hydrogens is 290 g/mol. The quantitative estimate of drug-likeness (QED) is 0.836. The first-order valence-electron chi connectivity index (χ1n) is 7.71. The molecule has 2 aromatic rings. The van der Waals surface area contributed by atoms with Crippen LogP contribution in [0.25, 0.3) is 0 Å². The van der Waals surface area contributed by atoms with Crippen molar-refractivity contribution in [3.05, 3.63) is 59.7 Å². The van der Waals surface area contributed by atoms with Gasteiger partial charge in [0.05, 0.1) is 13.7 Å². The van der Waals surface area contributed by atoms with Gasteiger partial charge in [-0.1, -0.05) is 32.0 Å². The zero-order valence-electron chi connectivity index (χ0n) is 13.8. The summed E-state index contributed by atoms with van der Waals surface area (Å²) in [6.45, 7) is 5.29. The molecule has 0 unspecified atom stereocenters. The zero-order valence-corrected chi connectivity index (χ0v) is 13.8. The van der Waals surface area contributed by atoms with Crippen LogP contribution in [0.3, 0.4) is 0 Å². The van der Waals surface area contributed by atoms with Crippen LogP contribution < -0.4 is 10.1 Å². The van der Waals surface area contributed by atoms with Crippen LogP contribution in [0, 0.1) is 5.92 Å². The Morgan fingerprint density at radius 2 is 1.87 bits per heavy atom. The van der Waals surface area contributed by atoms with Crippen LogP contribution in [0.4, 0.5) is 5.69 Å². The Morgan fingerprint density at radius 1 is 1.13 bits per heavy atom. The molecule has 0 aliphatic carbocycles. The van der Waals surface area contributed by atoms with Crippen molar-refractivity contribution in [2.45, 2.75) is 20.5 Å². The highest BCUT2D eigenvalue weighted by Gasteiger charge is 2.11. The molecule has 0 aliphatic rings. The summed E-state index contributed by atoms with van der Waals surface area (Å²) in [6.07, 6.45) is 0. The van der Waals surface area contributed by atoms with E-state index in [-0.39, 0.29) is 5.91 Å². The van der Waals surface area contributed by atoms with Gasteiger partial charge in [-0.3, -0.25) is 4.79 Å². The summed E-state index contributed by atoms with van der Waals surface area (Å²) in [4.78, 5) is 12.4. The van der Waals surface area contributed by atoms with Gasteiger partial charge in [0.15, 0.2) is 0 Å². The predicted molar refractivity (Wildman–Crippen MR) is 91.9 cm³/mol. The van der Waals surface area contributed by atoms with Crippen molar-refractivity contribution in [3.63, 3.8) is 0 Å². The predicted octanol–water partition coefficient (Wildman–Crippen LogP) is 4.12. The molecule has 0 saturated heterocycles. The SMILES string of the molecule is COc1ccc(C(=O)Nc2ccccc2)cc1COCC(C)C. The highest BCUT2D eigenvalue weighted by Crippen LogP contribution is 2.22. The number of para-hydroxylation sites is 1. The molecule has 23 heavy (non-hydrogen) atoms. The first-order valence-corrected chi connectivity index (χ1v) is 7.71. The lowest BCUT2D eigenvalue weighted by atomic mass is 10.1. The largest absolute Gasteiger partial charge is 0.496 e. The first kappa shape index (κ1) is 17.0. The lowest BCUT2D eigenvalue weighted by molar-refractivity contribution is 0.0952. The molecular formula is C19H23NO3. The smallest absolute Gasteiger partial charge is 0.255 e. The van der Waals surface area contributed by atoms with E-state index >= 15 is 0 Å². The Labute approximate surface area is 137 Å². The summed E-state index contributed by atoms with van der Waals surface area (Å²) in [5.41, 5.74) is 2.22. The van der Waals surface area contributed by atoms with Gasteiger partial charge in [-0.05, 0) is 36.2 Å². The summed E-state index contributed by atoms with van der Waals surface area (Å²) in [5.74, 6) is 1.04. The van der Waals surface area contributed by atoms with Gasteiger partial charge in [0.1, 0.15) is 5.75 Å². The molecule has 0 radical (unpaired) electrons. The zero-order chi connectivity index (χ0) is 16.7. The molecule has 1 N–H and O–H groups in total. The Hall–Kier alpha value is -2.33. The van der Waals surface area contributed by atoms with Gasteiger partial charge in [0, 0.05) is 23.4 Å². The third kappa shape index (κ3) is 5.11. The molecule has 0 aliphatic heterocycles. The fraction of sp³-hybridized carbons (Fsp3) is 0.316. The van der Waals surface area contributed by atoms with Gasteiger partial charge in [0.2, 0.25) is 0 Å². The number of ether oxygens (including phenoxy) is 2. The maximum atomic E-state index is 12.4. The molecule has 0 fully saturated rings. The summed E-state index contributed by atoms with van der Waals surface area (Å²) < 4.78 is 11.0. The number of nitrogens with one attached hydrogen (secondary N) is 1. The van der Waals surface area contributed by atoms with Gasteiger partial charge in [-0.25, -0.2) is 0 Å². The summed E-state index contributed by atoms with van der Waals surface area (Å²) in [7, 11) is 1.62. The van der Waals surface area contributed by atoms with Crippen LogP contribution in [-0.2, 0) is 11.3 Å². The number of methoxy groups -OCH3 is 1. The second-order valence-corrected chi connectivity index (χ2v) is 5.76. The number of hydrogen-bond donors (Lipinski definition) is 1. The number of hydrogen-bond acceptors (Lipinski definition) is 3. The fourth-order valence-corrected chi connectivity index (χ4v) is 2.16. The Bertz CT molecular complexity index is 638. The molecule has 0 heterocycles. The highest BCUT2D eigenvalue weighted by atomic mass is 16.5. The van der Waals surface area contributed by atoms with Gasteiger partial charge in [-0.2, -0.15) is 0 Å². The maximum absolute atomic E-state index is 12.4. The number of anilines is 1. The summed E-state index contributed by atoms with van der Waals surface area (Å²) in [5, 5.41) is 2.88. The van der Waals surface area contributed by atoms with Crippen LogP contribution in [0.2, 0.25) is 0 Å². The lowest BCUT2D eigenvalue weighted by Gasteiger charge is -2.12. The fourth-order valence-electron chi connectivity index (χ4n) is 2.16. The Balaban J connectivity index is 2.11. The van der Waals surface area contributed by atoms with E-state index in [9.17, 15) is 4.79 Å². The van der Waals surface area contributed by atoms with Crippen molar-refractivity contribution in [2.75, 3.05) is 19.0 Å². The summed E-state index contributed by atoms with van der Waals surface area (Å²) in [6, 6.07) is 14.8. The van der Waals surface area contributed by atoms with Gasteiger partial charge < -0.3 is 14.8 Å². The van der Waals surface area contributed by atoms with Crippen LogP contribution >= 0.6 is 0 Å². The van der Waals surface area contributed by atoms with E-state index in [0.717, 1.165) is 17.0 Å². The minimum atomic E-state index is -0.149. The molecule has 0 aromatic heterocycles. The molecule has 0 bridgehead atoms. The lowest BCUT2D eigenvalue weighted by Crippen LogP contribution is -2.12. The molecule has 2 rings (SSSR count). The van der Waals surface area contributed by atoms with Crippen LogP contribution in [0.15, 0.2) is 48.5 Å². The van der Waals surface area contributed by atoms with Crippen molar-refractivity contribution in [2.24, 2.45) is 5.92 Å². The topological polar surface area (TPSA) is 47.6 Å². The molecule has 1 amide bonds. The second kappa shape index (κ2) is 8.34. The van der Waals surface area contributed by atoms with Crippen molar-refractivity contribution in [1.82, 2.24) is 0 Å². The molecule has 4 nitrogen and oxygen atoms in total. The molecule has 0 spiro atoms. The second-order valence-electron chi connectivity index (χ2n) is 5.76. The third-order valence-electron chi connectivity index (χ3n) is 3.28. The monoisotopic (exact) mass is 313 g/mol. The van der Waals surface area contributed by atoms with Crippen LogP contribution in [0.1, 0.15) is 29.8 Å². The van der Waals surface area contributed by atoms with E-state index in [4.69, 9.17) is 9.47 Å². The Kier molecular flexibility index (Phi) is 6.18. The average Bonchev–Trinajstić information content (AvgIpc) is 2.55. The van der Waals surface area contributed by atoms with Crippen molar-refractivity contribution < 1.29 is 14.3 Å². The minimum absolute atomic E-state index is 0.149. The summed E-state index contributed by atoms with van der Waals surface area (Å²) >= 11 is 0. The number of carbonyl (C=O) groups excluding carboxylic acids is 1. The molecule has 2 aromatic carbocycles. The van der Waals surface area contributed by atoms with Gasteiger partial charge in [-0.15, -0.1) is 0 Å². The maximum Gasteiger partial charge on any atom is 0.255 e. The first-order chi connectivity index (χ1) is 11.1. The van der Waals surface area contributed by atoms with Crippen LogP contribution in [-0.4, -0.2) is 19.6 Å². The average molecular weight is 313 g/mol. The van der Waals surface area contributed by atoms with E-state index in [0.29, 0.717) is 24.7 Å². The Morgan fingerprint density at radius 3 is 2.52 bits per heavy atom. The van der Waals surface area contributed by atoms with E-state index in [1.54, 1.807) is 19.2 Å². The number of carbonyl (C=O) groups is 1. The van der Waals surface area contributed by atoms with E-state index in [2.05, 4.69) is 19.2 Å². The normalized spacial score (nSPS) is 10.6. The van der Waals surface area contributed by atoms with Crippen molar-refractivity contribution in [3.8, 4) is 5.75 Å². The number of benzene rings is 2. The number of rotatable bonds is 7. The van der Waals surface area contributed by atoms with Crippen LogP contribution in [0.5, 0.6) is 5.75 Å². The molecule has 0 saturated carbocycles. The van der Waals surface area contributed by atoms with E-state index in [1.165, 1.54) is 0 Å². The van der Waals surface area contributed by atoms with E-state index in [1.807, 2.05) is 36.4 Å². The van der Waals surface area contributed by atoms with Crippen molar-refractivity contribution in [1.29, 1.82) is 0 Å². The minimum Gasteiger partial charge on any atom is -0.496 e. The standard InChI is InChI=1S/C19H23NO3/c1-14(2)12-23-13-16-11-15(9-10-18(16)22-3)19(21)20-17-7-5-4-6-8-17/h4-11,14H,12-13H2,1-3H3,(H,20,21). The van der Waals surface area contributed by atoms with Crippen molar-refractivity contribution >= 4 is 11.6 Å². The molecule has 4 heteroatoms. The molecule has 0 atom stereocenters. The highest BCUT2D eigenvalue weighted by molar-refractivity contribution is 6.04. The van der Waals surface area contributed by atoms with E-state index < -0.39 is 0 Å². The van der Waals surface area contributed by atoms with Gasteiger partial charge in [0.25, 0.3) is 5.91 Å². The molecule has 122 valence electrons. The number of amides is 1.